The number of methoxy groups -OCH3 is 1. The number of aliphatic imine (C=N–C) groups is 1. The van der Waals surface area contributed by atoms with Gasteiger partial charge in [0.1, 0.15) is 0 Å². The van der Waals surface area contributed by atoms with Crippen molar-refractivity contribution in [2.45, 2.75) is 32.4 Å². The van der Waals surface area contributed by atoms with E-state index in [1.54, 1.807) is 7.11 Å². The van der Waals surface area contributed by atoms with Gasteiger partial charge in [-0.25, -0.2) is 0 Å². The second-order valence-corrected chi connectivity index (χ2v) is 7.60. The summed E-state index contributed by atoms with van der Waals surface area (Å²) >= 11 is 3.49. The van der Waals surface area contributed by atoms with E-state index in [1.165, 1.54) is 5.56 Å². The zero-order chi connectivity index (χ0) is 19.3. The van der Waals surface area contributed by atoms with E-state index in [0.717, 1.165) is 49.5 Å². The summed E-state index contributed by atoms with van der Waals surface area (Å²) in [5.41, 5.74) is 1.37. The maximum absolute atomic E-state index is 5.47. The van der Waals surface area contributed by atoms with Gasteiger partial charge in [0.05, 0.1) is 26.4 Å². The van der Waals surface area contributed by atoms with Crippen molar-refractivity contribution >= 4 is 45.9 Å². The van der Waals surface area contributed by atoms with Crippen LogP contribution in [0.15, 0.2) is 33.7 Å². The predicted octanol–water partition coefficient (Wildman–Crippen LogP) is 3.25. The molecule has 160 valence electrons. The number of rotatable bonds is 10. The molecule has 1 aromatic rings. The van der Waals surface area contributed by atoms with E-state index in [0.29, 0.717) is 32.4 Å². The third kappa shape index (κ3) is 10.4. The van der Waals surface area contributed by atoms with E-state index in [1.807, 2.05) is 0 Å². The normalized spacial score (nSPS) is 15.9. The number of nitrogens with zero attached hydrogens (tertiary/aromatic N) is 2. The zero-order valence-corrected chi connectivity index (χ0v) is 20.9. The van der Waals surface area contributed by atoms with Gasteiger partial charge in [-0.2, -0.15) is 0 Å². The summed E-state index contributed by atoms with van der Waals surface area (Å²) in [6.07, 6.45) is 2.26. The van der Waals surface area contributed by atoms with Crippen molar-refractivity contribution in [3.8, 4) is 0 Å². The van der Waals surface area contributed by atoms with Gasteiger partial charge >= 0.3 is 0 Å². The van der Waals surface area contributed by atoms with E-state index in [4.69, 9.17) is 9.47 Å². The molecule has 0 bridgehead atoms. The summed E-state index contributed by atoms with van der Waals surface area (Å²) in [7, 11) is 1.68. The third-order valence-corrected chi connectivity index (χ3v) is 5.06. The maximum atomic E-state index is 5.47. The Bertz CT molecular complexity index is 552. The van der Waals surface area contributed by atoms with E-state index in [2.05, 4.69) is 67.6 Å². The maximum Gasteiger partial charge on any atom is 0.191 e. The summed E-state index contributed by atoms with van der Waals surface area (Å²) in [6, 6.07) is 9.08. The number of hydrogen-bond donors (Lipinski definition) is 2. The van der Waals surface area contributed by atoms with Gasteiger partial charge in [-0.3, -0.25) is 9.89 Å². The first-order valence-electron chi connectivity index (χ1n) is 9.79. The molecule has 8 heteroatoms. The van der Waals surface area contributed by atoms with E-state index in [9.17, 15) is 0 Å². The predicted molar refractivity (Wildman–Crippen MR) is 130 cm³/mol. The first kappa shape index (κ1) is 25.6. The Hall–Kier alpha value is -0.420. The standard InChI is InChI=1S/C20H33BrN4O2.HI/c1-3-22-20(23-10-13-27-15-14-26-2)24-19-8-11-25(12-9-19)16-17-4-6-18(21)7-5-17;/h4-7,19H,3,8-16H2,1-2H3,(H2,22,23,24);1H. The SMILES string of the molecule is CCNC(=NCCOCCOC)NC1CCN(Cc2ccc(Br)cc2)CC1.I. The van der Waals surface area contributed by atoms with Crippen molar-refractivity contribution in [3.05, 3.63) is 34.3 Å². The number of nitrogens with one attached hydrogen (secondary N) is 2. The second kappa shape index (κ2) is 15.4. The summed E-state index contributed by atoms with van der Waals surface area (Å²) < 4.78 is 11.6. The van der Waals surface area contributed by atoms with Crippen molar-refractivity contribution in [1.29, 1.82) is 0 Å². The van der Waals surface area contributed by atoms with Crippen LogP contribution in [0, 0.1) is 0 Å². The number of piperidine rings is 1. The molecule has 0 atom stereocenters. The van der Waals surface area contributed by atoms with Crippen LogP contribution in [0.25, 0.3) is 0 Å². The lowest BCUT2D eigenvalue weighted by Crippen LogP contribution is -2.48. The lowest BCUT2D eigenvalue weighted by Gasteiger charge is -2.33. The number of hydrogen-bond acceptors (Lipinski definition) is 4. The van der Waals surface area contributed by atoms with Gasteiger partial charge in [-0.05, 0) is 37.5 Å². The van der Waals surface area contributed by atoms with Gasteiger partial charge in [-0.1, -0.05) is 28.1 Å². The lowest BCUT2D eigenvalue weighted by atomic mass is 10.0. The molecule has 0 amide bonds. The molecule has 1 fully saturated rings. The van der Waals surface area contributed by atoms with Crippen LogP contribution in [0.5, 0.6) is 0 Å². The first-order chi connectivity index (χ1) is 13.2. The Balaban J connectivity index is 0.00000392. The van der Waals surface area contributed by atoms with E-state index in [-0.39, 0.29) is 24.0 Å². The fourth-order valence-corrected chi connectivity index (χ4v) is 3.33. The summed E-state index contributed by atoms with van der Waals surface area (Å²) in [4.78, 5) is 7.13. The van der Waals surface area contributed by atoms with Crippen LogP contribution >= 0.6 is 39.9 Å². The molecule has 1 aliphatic heterocycles. The Morgan fingerprint density at radius 1 is 1.18 bits per heavy atom. The molecule has 0 unspecified atom stereocenters. The summed E-state index contributed by atoms with van der Waals surface area (Å²) in [5, 5.41) is 6.91. The highest BCUT2D eigenvalue weighted by atomic mass is 127. The molecule has 0 radical (unpaired) electrons. The van der Waals surface area contributed by atoms with Crippen LogP contribution in [-0.4, -0.2) is 70.0 Å². The van der Waals surface area contributed by atoms with Crippen LogP contribution < -0.4 is 10.6 Å². The van der Waals surface area contributed by atoms with Crippen LogP contribution in [-0.2, 0) is 16.0 Å². The van der Waals surface area contributed by atoms with Crippen LogP contribution in [0.1, 0.15) is 25.3 Å². The number of ether oxygens (including phenoxy) is 2. The van der Waals surface area contributed by atoms with Crippen molar-refractivity contribution < 1.29 is 9.47 Å². The van der Waals surface area contributed by atoms with Crippen LogP contribution in [0.2, 0.25) is 0 Å². The largest absolute Gasteiger partial charge is 0.382 e. The topological polar surface area (TPSA) is 58.1 Å². The fourth-order valence-electron chi connectivity index (χ4n) is 3.06. The first-order valence-corrected chi connectivity index (χ1v) is 10.6. The third-order valence-electron chi connectivity index (χ3n) is 4.53. The molecule has 1 saturated heterocycles. The average Bonchev–Trinajstić information content (AvgIpc) is 2.68. The quantitative estimate of drug-likeness (QED) is 0.196. The minimum atomic E-state index is 0. The van der Waals surface area contributed by atoms with Gasteiger partial charge in [0.25, 0.3) is 0 Å². The molecule has 1 aromatic carbocycles. The smallest absolute Gasteiger partial charge is 0.191 e. The average molecular weight is 569 g/mol. The van der Waals surface area contributed by atoms with Crippen LogP contribution in [0.4, 0.5) is 0 Å². The highest BCUT2D eigenvalue weighted by Crippen LogP contribution is 2.16. The Labute approximate surface area is 195 Å². The minimum absolute atomic E-state index is 0. The number of likely N-dealkylation sites (tertiary alicyclic amines) is 1. The van der Waals surface area contributed by atoms with Crippen molar-refractivity contribution in [2.75, 3.05) is 53.1 Å². The minimum Gasteiger partial charge on any atom is -0.382 e. The monoisotopic (exact) mass is 568 g/mol. The summed E-state index contributed by atoms with van der Waals surface area (Å²) in [6.45, 7) is 8.69. The molecule has 1 aliphatic rings. The molecule has 1 heterocycles. The molecular weight excluding hydrogens is 535 g/mol. The van der Waals surface area contributed by atoms with Gasteiger partial charge in [-0.15, -0.1) is 24.0 Å². The second-order valence-electron chi connectivity index (χ2n) is 6.69. The van der Waals surface area contributed by atoms with E-state index >= 15 is 0 Å². The molecule has 28 heavy (non-hydrogen) atoms. The zero-order valence-electron chi connectivity index (χ0n) is 17.0. The van der Waals surface area contributed by atoms with Crippen molar-refractivity contribution in [3.63, 3.8) is 0 Å². The van der Waals surface area contributed by atoms with E-state index < -0.39 is 0 Å². The Morgan fingerprint density at radius 2 is 1.89 bits per heavy atom. The molecule has 0 aromatic heterocycles. The number of halogens is 2. The lowest BCUT2D eigenvalue weighted by molar-refractivity contribution is 0.0748. The van der Waals surface area contributed by atoms with Gasteiger partial charge in [0, 0.05) is 43.8 Å². The van der Waals surface area contributed by atoms with Gasteiger partial charge in [0.15, 0.2) is 5.96 Å². The van der Waals surface area contributed by atoms with Crippen LogP contribution in [0.3, 0.4) is 0 Å². The highest BCUT2D eigenvalue weighted by Gasteiger charge is 2.20. The van der Waals surface area contributed by atoms with Gasteiger partial charge < -0.3 is 20.1 Å². The number of guanidine groups is 1. The molecule has 6 nitrogen and oxygen atoms in total. The molecule has 2 N–H and O–H groups in total. The summed E-state index contributed by atoms with van der Waals surface area (Å²) in [5.74, 6) is 0.888. The highest BCUT2D eigenvalue weighted by molar-refractivity contribution is 14.0. The van der Waals surface area contributed by atoms with Gasteiger partial charge in [0.2, 0.25) is 0 Å². The Morgan fingerprint density at radius 3 is 2.54 bits per heavy atom. The molecule has 2 rings (SSSR count). The van der Waals surface area contributed by atoms with Crippen molar-refractivity contribution in [2.24, 2.45) is 4.99 Å². The molecule has 0 aliphatic carbocycles. The Kier molecular flexibility index (Phi) is 14.1. The molecular formula is C20H34BrIN4O2. The number of benzene rings is 1. The van der Waals surface area contributed by atoms with Crippen molar-refractivity contribution in [1.82, 2.24) is 15.5 Å². The molecule has 0 spiro atoms. The molecule has 0 saturated carbocycles. The fraction of sp³-hybridized carbons (Fsp3) is 0.650.